The number of carbonyl (C=O) groups is 1. The summed E-state index contributed by atoms with van der Waals surface area (Å²) < 4.78 is 49.6. The molecule has 0 bridgehead atoms. The van der Waals surface area contributed by atoms with Crippen molar-refractivity contribution in [2.24, 2.45) is 0 Å². The standard InChI is InChI=1S/C22H21F3N2O3S/c1-14-4-3-5-15(10-14)21-26-17(13-31-21)12-20(28)27-18-11-16(22(23,24)25)6-7-19(18)30-9-8-29-2/h3-7,10-11,13H,8-9,12H2,1-2H3,(H,27,28). The van der Waals surface area contributed by atoms with Crippen molar-refractivity contribution in [1.29, 1.82) is 0 Å². The number of nitrogens with zero attached hydrogens (tertiary/aromatic N) is 1. The fourth-order valence-electron chi connectivity index (χ4n) is 2.82. The van der Waals surface area contributed by atoms with Crippen LogP contribution in [0.4, 0.5) is 18.9 Å². The van der Waals surface area contributed by atoms with E-state index in [9.17, 15) is 18.0 Å². The van der Waals surface area contributed by atoms with Gasteiger partial charge in [0.05, 0.1) is 30.0 Å². The lowest BCUT2D eigenvalue weighted by Crippen LogP contribution is -2.17. The molecule has 0 saturated carbocycles. The zero-order valence-corrected chi connectivity index (χ0v) is 17.8. The lowest BCUT2D eigenvalue weighted by Gasteiger charge is -2.15. The van der Waals surface area contributed by atoms with E-state index in [1.165, 1.54) is 24.5 Å². The van der Waals surface area contributed by atoms with E-state index in [1.54, 1.807) is 5.38 Å². The highest BCUT2D eigenvalue weighted by atomic mass is 32.1. The molecule has 9 heteroatoms. The number of hydrogen-bond acceptors (Lipinski definition) is 5. The highest BCUT2D eigenvalue weighted by Crippen LogP contribution is 2.35. The second kappa shape index (κ2) is 9.93. The predicted octanol–water partition coefficient (Wildman–Crippen LogP) is 5.34. The number of methoxy groups -OCH3 is 1. The second-order valence-electron chi connectivity index (χ2n) is 6.79. The van der Waals surface area contributed by atoms with Gasteiger partial charge in [-0.05, 0) is 31.2 Å². The zero-order chi connectivity index (χ0) is 22.4. The van der Waals surface area contributed by atoms with Crippen LogP contribution < -0.4 is 10.1 Å². The normalized spacial score (nSPS) is 11.4. The second-order valence-corrected chi connectivity index (χ2v) is 7.65. The minimum Gasteiger partial charge on any atom is -0.489 e. The minimum atomic E-state index is -4.54. The maximum absolute atomic E-state index is 13.1. The number of ether oxygens (including phenoxy) is 2. The Bertz CT molecular complexity index is 1050. The van der Waals surface area contributed by atoms with Crippen molar-refractivity contribution in [1.82, 2.24) is 4.98 Å². The number of aryl methyl sites for hydroxylation is 1. The SMILES string of the molecule is COCCOc1ccc(C(F)(F)F)cc1NC(=O)Cc1csc(-c2cccc(C)c2)n1. The first kappa shape index (κ1) is 22.8. The van der Waals surface area contributed by atoms with Crippen LogP contribution in [-0.4, -0.2) is 31.2 Å². The molecule has 3 rings (SSSR count). The predicted molar refractivity (Wildman–Crippen MR) is 113 cm³/mol. The fourth-order valence-corrected chi connectivity index (χ4v) is 3.64. The molecule has 1 N–H and O–H groups in total. The van der Waals surface area contributed by atoms with E-state index in [2.05, 4.69) is 10.3 Å². The number of benzene rings is 2. The third-order valence-electron chi connectivity index (χ3n) is 4.28. The van der Waals surface area contributed by atoms with Crippen molar-refractivity contribution >= 4 is 22.9 Å². The Labute approximate surface area is 181 Å². The van der Waals surface area contributed by atoms with Crippen LogP contribution in [0.2, 0.25) is 0 Å². The van der Waals surface area contributed by atoms with Gasteiger partial charge in [-0.1, -0.05) is 23.8 Å². The summed E-state index contributed by atoms with van der Waals surface area (Å²) in [5.74, 6) is -0.353. The molecule has 0 fully saturated rings. The van der Waals surface area contributed by atoms with Gasteiger partial charge in [-0.2, -0.15) is 13.2 Å². The van der Waals surface area contributed by atoms with E-state index in [4.69, 9.17) is 9.47 Å². The van der Waals surface area contributed by atoms with Gasteiger partial charge in [-0.3, -0.25) is 4.79 Å². The molecule has 0 aliphatic carbocycles. The maximum Gasteiger partial charge on any atom is 0.416 e. The number of alkyl halides is 3. The van der Waals surface area contributed by atoms with Crippen molar-refractivity contribution in [2.75, 3.05) is 25.6 Å². The summed E-state index contributed by atoms with van der Waals surface area (Å²) in [6.45, 7) is 2.37. The van der Waals surface area contributed by atoms with Crippen molar-refractivity contribution in [2.45, 2.75) is 19.5 Å². The Kier molecular flexibility index (Phi) is 7.29. The van der Waals surface area contributed by atoms with Gasteiger partial charge in [0.2, 0.25) is 5.91 Å². The number of rotatable bonds is 8. The van der Waals surface area contributed by atoms with Crippen LogP contribution in [0.15, 0.2) is 47.8 Å². The Morgan fingerprint density at radius 1 is 1.16 bits per heavy atom. The molecular formula is C22H21F3N2O3S. The van der Waals surface area contributed by atoms with Crippen LogP contribution in [0.3, 0.4) is 0 Å². The quantitative estimate of drug-likeness (QED) is 0.471. The van der Waals surface area contributed by atoms with E-state index < -0.39 is 17.6 Å². The van der Waals surface area contributed by atoms with Crippen LogP contribution >= 0.6 is 11.3 Å². The largest absolute Gasteiger partial charge is 0.489 e. The van der Waals surface area contributed by atoms with Crippen LogP contribution in [0, 0.1) is 6.92 Å². The molecule has 5 nitrogen and oxygen atoms in total. The van der Waals surface area contributed by atoms with Crippen LogP contribution in [0.25, 0.3) is 10.6 Å². The van der Waals surface area contributed by atoms with Crippen molar-refractivity contribution in [3.63, 3.8) is 0 Å². The van der Waals surface area contributed by atoms with Gasteiger partial charge in [-0.15, -0.1) is 11.3 Å². The van der Waals surface area contributed by atoms with Crippen LogP contribution in [0.5, 0.6) is 5.75 Å². The van der Waals surface area contributed by atoms with Gasteiger partial charge in [0.1, 0.15) is 17.4 Å². The van der Waals surface area contributed by atoms with E-state index in [0.29, 0.717) is 5.69 Å². The molecule has 1 heterocycles. The van der Waals surface area contributed by atoms with Crippen LogP contribution in [-0.2, 0) is 22.1 Å². The summed E-state index contributed by atoms with van der Waals surface area (Å²) in [6, 6.07) is 10.8. The lowest BCUT2D eigenvalue weighted by molar-refractivity contribution is -0.137. The zero-order valence-electron chi connectivity index (χ0n) is 17.0. The number of aromatic nitrogens is 1. The third-order valence-corrected chi connectivity index (χ3v) is 5.22. The minimum absolute atomic E-state index is 0.0509. The molecule has 0 radical (unpaired) electrons. The molecule has 0 aliphatic heterocycles. The van der Waals surface area contributed by atoms with Crippen molar-refractivity contribution in [3.05, 3.63) is 64.7 Å². The Balaban J connectivity index is 1.74. The first-order valence-electron chi connectivity index (χ1n) is 9.40. The summed E-state index contributed by atoms with van der Waals surface area (Å²) in [5.41, 5.74) is 1.65. The highest BCUT2D eigenvalue weighted by Gasteiger charge is 2.31. The molecule has 0 unspecified atom stereocenters. The molecular weight excluding hydrogens is 429 g/mol. The molecule has 2 aromatic carbocycles. The van der Waals surface area contributed by atoms with Gasteiger partial charge in [0, 0.05) is 18.1 Å². The van der Waals surface area contributed by atoms with Crippen LogP contribution in [0.1, 0.15) is 16.8 Å². The number of halogens is 3. The summed E-state index contributed by atoms with van der Waals surface area (Å²) in [6.07, 6.45) is -4.61. The maximum atomic E-state index is 13.1. The summed E-state index contributed by atoms with van der Waals surface area (Å²) >= 11 is 1.40. The molecule has 1 amide bonds. The smallest absolute Gasteiger partial charge is 0.416 e. The van der Waals surface area contributed by atoms with Gasteiger partial charge in [0.25, 0.3) is 0 Å². The first-order valence-corrected chi connectivity index (χ1v) is 10.3. The third kappa shape index (κ3) is 6.28. The average Bonchev–Trinajstić information content (AvgIpc) is 3.17. The molecule has 0 aliphatic rings. The van der Waals surface area contributed by atoms with Gasteiger partial charge in [0.15, 0.2) is 0 Å². The van der Waals surface area contributed by atoms with Gasteiger partial charge >= 0.3 is 6.18 Å². The average molecular weight is 450 g/mol. The number of anilines is 1. The fraction of sp³-hybridized carbons (Fsp3) is 0.273. The molecule has 1 aromatic heterocycles. The highest BCUT2D eigenvalue weighted by molar-refractivity contribution is 7.13. The Morgan fingerprint density at radius 3 is 2.68 bits per heavy atom. The number of nitrogens with one attached hydrogen (secondary N) is 1. The molecule has 0 atom stereocenters. The number of hydrogen-bond donors (Lipinski definition) is 1. The number of thiazole rings is 1. The van der Waals surface area contributed by atoms with E-state index in [0.717, 1.165) is 28.3 Å². The summed E-state index contributed by atoms with van der Waals surface area (Å²) in [7, 11) is 1.48. The number of amides is 1. The molecule has 31 heavy (non-hydrogen) atoms. The van der Waals surface area contributed by atoms with Gasteiger partial charge < -0.3 is 14.8 Å². The number of carbonyl (C=O) groups excluding carboxylic acids is 1. The van der Waals surface area contributed by atoms with E-state index in [-0.39, 0.29) is 31.1 Å². The molecule has 0 spiro atoms. The molecule has 0 saturated heterocycles. The summed E-state index contributed by atoms with van der Waals surface area (Å²) in [4.78, 5) is 17.0. The Morgan fingerprint density at radius 2 is 1.97 bits per heavy atom. The van der Waals surface area contributed by atoms with Crippen molar-refractivity contribution < 1.29 is 27.4 Å². The van der Waals surface area contributed by atoms with Gasteiger partial charge in [-0.25, -0.2) is 4.98 Å². The van der Waals surface area contributed by atoms with E-state index >= 15 is 0 Å². The van der Waals surface area contributed by atoms with E-state index in [1.807, 2.05) is 31.2 Å². The molecule has 164 valence electrons. The monoisotopic (exact) mass is 450 g/mol. The summed E-state index contributed by atoms with van der Waals surface area (Å²) in [5, 5.41) is 5.05. The molecule has 3 aromatic rings. The topological polar surface area (TPSA) is 60.5 Å². The Hall–Kier alpha value is -2.91. The van der Waals surface area contributed by atoms with Crippen molar-refractivity contribution in [3.8, 4) is 16.3 Å². The lowest BCUT2D eigenvalue weighted by atomic mass is 10.1. The first-order chi connectivity index (χ1) is 14.8.